The van der Waals surface area contributed by atoms with Gasteiger partial charge in [0, 0.05) is 5.54 Å². The van der Waals surface area contributed by atoms with Gasteiger partial charge in [0.1, 0.15) is 6.10 Å². The molecule has 3 nitrogen and oxygen atoms in total. The summed E-state index contributed by atoms with van der Waals surface area (Å²) >= 11 is 0. The molecule has 0 spiro atoms. The summed E-state index contributed by atoms with van der Waals surface area (Å²) in [6, 6.07) is 7.66. The van der Waals surface area contributed by atoms with Crippen LogP contribution in [0.2, 0.25) is 0 Å². The van der Waals surface area contributed by atoms with Gasteiger partial charge in [-0.15, -0.1) is 0 Å². The Bertz CT molecular complexity index is 347. The number of hydrogen-bond acceptors (Lipinski definition) is 3. The highest BCUT2D eigenvalue weighted by atomic mass is 16.3. The van der Waals surface area contributed by atoms with Crippen molar-refractivity contribution in [1.29, 1.82) is 0 Å². The lowest BCUT2D eigenvalue weighted by Gasteiger charge is -2.12. The molecule has 2 rings (SSSR count). The molecule has 15 heavy (non-hydrogen) atoms. The van der Waals surface area contributed by atoms with Gasteiger partial charge in [-0.3, -0.25) is 0 Å². The SMILES string of the molecule is NC1(Cc2cccc(C(O)CO)c2)CC1. The Hall–Kier alpha value is -0.900. The number of hydrogen-bond donors (Lipinski definition) is 3. The van der Waals surface area contributed by atoms with E-state index in [-0.39, 0.29) is 12.1 Å². The Morgan fingerprint density at radius 1 is 1.40 bits per heavy atom. The maximum absolute atomic E-state index is 9.49. The summed E-state index contributed by atoms with van der Waals surface area (Å²) in [6.45, 7) is -0.239. The van der Waals surface area contributed by atoms with Crippen LogP contribution in [0.5, 0.6) is 0 Å². The average Bonchev–Trinajstić information content (AvgIpc) is 2.95. The minimum Gasteiger partial charge on any atom is -0.393 e. The summed E-state index contributed by atoms with van der Waals surface area (Å²) in [5.74, 6) is 0. The average molecular weight is 207 g/mol. The summed E-state index contributed by atoms with van der Waals surface area (Å²) in [4.78, 5) is 0. The molecule has 1 aromatic carbocycles. The summed E-state index contributed by atoms with van der Waals surface area (Å²) in [5.41, 5.74) is 7.92. The second-order valence-electron chi connectivity index (χ2n) is 4.48. The highest BCUT2D eigenvalue weighted by Gasteiger charge is 2.37. The fraction of sp³-hybridized carbons (Fsp3) is 0.500. The molecule has 0 radical (unpaired) electrons. The Morgan fingerprint density at radius 2 is 2.13 bits per heavy atom. The first-order valence-electron chi connectivity index (χ1n) is 5.30. The zero-order valence-corrected chi connectivity index (χ0v) is 8.69. The summed E-state index contributed by atoms with van der Waals surface area (Å²) in [7, 11) is 0. The first-order chi connectivity index (χ1) is 7.13. The molecular weight excluding hydrogens is 190 g/mol. The number of aliphatic hydroxyl groups excluding tert-OH is 2. The molecule has 82 valence electrons. The van der Waals surface area contributed by atoms with Gasteiger partial charge in [-0.05, 0) is 30.4 Å². The van der Waals surface area contributed by atoms with Crippen molar-refractivity contribution in [2.45, 2.75) is 30.9 Å². The molecule has 1 fully saturated rings. The Morgan fingerprint density at radius 3 is 2.73 bits per heavy atom. The molecule has 0 saturated heterocycles. The fourth-order valence-electron chi connectivity index (χ4n) is 1.76. The molecule has 1 unspecified atom stereocenters. The van der Waals surface area contributed by atoms with Gasteiger partial charge in [-0.1, -0.05) is 24.3 Å². The molecule has 1 aromatic rings. The largest absolute Gasteiger partial charge is 0.393 e. The van der Waals surface area contributed by atoms with Crippen molar-refractivity contribution < 1.29 is 10.2 Å². The van der Waals surface area contributed by atoms with Crippen molar-refractivity contribution in [2.24, 2.45) is 5.73 Å². The van der Waals surface area contributed by atoms with E-state index in [2.05, 4.69) is 0 Å². The number of rotatable bonds is 4. The van der Waals surface area contributed by atoms with Gasteiger partial charge in [0.25, 0.3) is 0 Å². The Balaban J connectivity index is 2.11. The van der Waals surface area contributed by atoms with Crippen molar-refractivity contribution in [3.8, 4) is 0 Å². The molecule has 3 heteroatoms. The minimum absolute atomic E-state index is 0.0111. The van der Waals surface area contributed by atoms with E-state index in [0.29, 0.717) is 0 Å². The molecule has 4 N–H and O–H groups in total. The maximum Gasteiger partial charge on any atom is 0.102 e. The van der Waals surface area contributed by atoms with Gasteiger partial charge in [0.05, 0.1) is 6.61 Å². The summed E-state index contributed by atoms with van der Waals surface area (Å²) < 4.78 is 0. The zero-order valence-electron chi connectivity index (χ0n) is 8.69. The third-order valence-electron chi connectivity index (χ3n) is 2.96. The minimum atomic E-state index is -0.780. The van der Waals surface area contributed by atoms with Crippen molar-refractivity contribution in [2.75, 3.05) is 6.61 Å². The molecule has 0 bridgehead atoms. The highest BCUT2D eigenvalue weighted by Crippen LogP contribution is 2.35. The summed E-state index contributed by atoms with van der Waals surface area (Å²) in [6.07, 6.45) is 2.25. The predicted octanol–water partition coefficient (Wildman–Crippen LogP) is 0.746. The van der Waals surface area contributed by atoms with Crippen LogP contribution >= 0.6 is 0 Å². The van der Waals surface area contributed by atoms with Gasteiger partial charge >= 0.3 is 0 Å². The topological polar surface area (TPSA) is 66.5 Å². The second kappa shape index (κ2) is 3.93. The van der Waals surface area contributed by atoms with Gasteiger partial charge in [0.15, 0.2) is 0 Å². The number of aliphatic hydroxyl groups is 2. The van der Waals surface area contributed by atoms with Gasteiger partial charge < -0.3 is 15.9 Å². The van der Waals surface area contributed by atoms with E-state index in [1.165, 1.54) is 0 Å². The first kappa shape index (κ1) is 10.6. The molecule has 0 heterocycles. The highest BCUT2D eigenvalue weighted by molar-refractivity contribution is 5.28. The lowest BCUT2D eigenvalue weighted by Crippen LogP contribution is -2.24. The molecule has 0 aliphatic heterocycles. The Kier molecular flexibility index (Phi) is 2.78. The lowest BCUT2D eigenvalue weighted by atomic mass is 10.0. The zero-order chi connectivity index (χ0) is 10.9. The quantitative estimate of drug-likeness (QED) is 0.682. The molecule has 1 aliphatic rings. The second-order valence-corrected chi connectivity index (χ2v) is 4.48. The van der Waals surface area contributed by atoms with Crippen LogP contribution in [-0.2, 0) is 6.42 Å². The van der Waals surface area contributed by atoms with Crippen molar-refractivity contribution in [3.63, 3.8) is 0 Å². The van der Waals surface area contributed by atoms with E-state index in [0.717, 1.165) is 30.4 Å². The van der Waals surface area contributed by atoms with E-state index >= 15 is 0 Å². The number of nitrogens with two attached hydrogens (primary N) is 1. The van der Waals surface area contributed by atoms with Crippen LogP contribution in [0, 0.1) is 0 Å². The Labute approximate surface area is 89.5 Å². The molecule has 0 aromatic heterocycles. The molecule has 1 atom stereocenters. The van der Waals surface area contributed by atoms with Gasteiger partial charge in [-0.25, -0.2) is 0 Å². The normalized spacial score (nSPS) is 19.9. The van der Waals surface area contributed by atoms with Crippen molar-refractivity contribution in [3.05, 3.63) is 35.4 Å². The monoisotopic (exact) mass is 207 g/mol. The van der Waals surface area contributed by atoms with Crippen LogP contribution in [-0.4, -0.2) is 22.4 Å². The standard InChI is InChI=1S/C12H17NO2/c13-12(4-5-12)7-9-2-1-3-10(6-9)11(15)8-14/h1-3,6,11,14-15H,4-5,7-8,13H2. The van der Waals surface area contributed by atoms with Gasteiger partial charge in [0.2, 0.25) is 0 Å². The smallest absolute Gasteiger partial charge is 0.102 e. The van der Waals surface area contributed by atoms with Crippen LogP contribution < -0.4 is 5.73 Å². The molecule has 1 saturated carbocycles. The van der Waals surface area contributed by atoms with Crippen LogP contribution in [0.3, 0.4) is 0 Å². The third kappa shape index (κ3) is 2.56. The van der Waals surface area contributed by atoms with E-state index in [4.69, 9.17) is 10.8 Å². The third-order valence-corrected chi connectivity index (χ3v) is 2.96. The summed E-state index contributed by atoms with van der Waals surface area (Å²) in [5, 5.41) is 18.3. The lowest BCUT2D eigenvalue weighted by molar-refractivity contribution is 0.0955. The maximum atomic E-state index is 9.49. The van der Waals surface area contributed by atoms with Crippen molar-refractivity contribution in [1.82, 2.24) is 0 Å². The predicted molar refractivity (Wildman–Crippen MR) is 58.3 cm³/mol. The van der Waals surface area contributed by atoms with E-state index < -0.39 is 6.10 Å². The van der Waals surface area contributed by atoms with E-state index in [1.54, 1.807) is 0 Å². The van der Waals surface area contributed by atoms with Crippen LogP contribution in [0.25, 0.3) is 0 Å². The van der Waals surface area contributed by atoms with Crippen LogP contribution in [0.15, 0.2) is 24.3 Å². The molecule has 1 aliphatic carbocycles. The number of benzene rings is 1. The molecule has 0 amide bonds. The molecular formula is C12H17NO2. The van der Waals surface area contributed by atoms with Crippen LogP contribution in [0.4, 0.5) is 0 Å². The van der Waals surface area contributed by atoms with Gasteiger partial charge in [-0.2, -0.15) is 0 Å². The van der Waals surface area contributed by atoms with Crippen molar-refractivity contribution >= 4 is 0 Å². The first-order valence-corrected chi connectivity index (χ1v) is 5.30. The van der Waals surface area contributed by atoms with E-state index in [9.17, 15) is 5.11 Å². The van der Waals surface area contributed by atoms with E-state index in [1.807, 2.05) is 24.3 Å². The fourth-order valence-corrected chi connectivity index (χ4v) is 1.76. The van der Waals surface area contributed by atoms with Crippen LogP contribution in [0.1, 0.15) is 30.1 Å².